The number of carboxylic acid groups (broad SMARTS) is 1. The maximum atomic E-state index is 11.3. The molecule has 108 valence electrons. The lowest BCUT2D eigenvalue weighted by molar-refractivity contribution is -0.142. The van der Waals surface area contributed by atoms with Gasteiger partial charge in [-0.1, -0.05) is 6.07 Å². The minimum atomic E-state index is -0.699. The van der Waals surface area contributed by atoms with Crippen molar-refractivity contribution in [2.75, 3.05) is 5.32 Å². The molecule has 0 atom stereocenters. The second kappa shape index (κ2) is 5.94. The Labute approximate surface area is 118 Å². The molecule has 0 aromatic heterocycles. The summed E-state index contributed by atoms with van der Waals surface area (Å²) in [6.07, 6.45) is 3.05. The molecule has 0 bridgehead atoms. The summed E-state index contributed by atoms with van der Waals surface area (Å²) in [6, 6.07) is 5.81. The molecule has 4 N–H and O–H groups in total. The lowest BCUT2D eigenvalue weighted by atomic mass is 9.86. The summed E-state index contributed by atoms with van der Waals surface area (Å²) >= 11 is 0. The minimum absolute atomic E-state index is 0.216. The lowest BCUT2D eigenvalue weighted by Gasteiger charge is -2.27. The quantitative estimate of drug-likeness (QED) is 0.785. The fourth-order valence-corrected chi connectivity index (χ4v) is 2.70. The number of nitrogens with one attached hydrogen (secondary N) is 1. The number of hydrogen-bond acceptors (Lipinski definition) is 3. The SMILES string of the molecule is Cc1ccc(NC2CCC(C(=O)O)CC2)cc1C(N)=O. The molecule has 0 saturated heterocycles. The summed E-state index contributed by atoms with van der Waals surface area (Å²) in [4.78, 5) is 22.2. The average molecular weight is 276 g/mol. The van der Waals surface area contributed by atoms with E-state index in [4.69, 9.17) is 10.8 Å². The molecule has 0 heterocycles. The molecule has 2 rings (SSSR count). The highest BCUT2D eigenvalue weighted by atomic mass is 16.4. The molecule has 1 saturated carbocycles. The smallest absolute Gasteiger partial charge is 0.306 e. The van der Waals surface area contributed by atoms with Crippen molar-refractivity contribution in [2.45, 2.75) is 38.6 Å². The molecule has 20 heavy (non-hydrogen) atoms. The number of primary amides is 1. The number of hydrogen-bond donors (Lipinski definition) is 3. The van der Waals surface area contributed by atoms with E-state index in [0.717, 1.165) is 24.1 Å². The molecule has 1 fully saturated rings. The molecule has 5 heteroatoms. The number of nitrogens with two attached hydrogens (primary N) is 1. The number of amides is 1. The van der Waals surface area contributed by atoms with Gasteiger partial charge in [-0.3, -0.25) is 9.59 Å². The van der Waals surface area contributed by atoms with Crippen LogP contribution < -0.4 is 11.1 Å². The van der Waals surface area contributed by atoms with Crippen molar-refractivity contribution in [2.24, 2.45) is 11.7 Å². The minimum Gasteiger partial charge on any atom is -0.481 e. The standard InChI is InChI=1S/C15H20N2O3/c1-9-2-5-12(8-13(9)14(16)18)17-11-6-3-10(4-7-11)15(19)20/h2,5,8,10-11,17H,3-4,6-7H2,1H3,(H2,16,18)(H,19,20). The Morgan fingerprint density at radius 2 is 1.90 bits per heavy atom. The molecule has 1 aliphatic carbocycles. The van der Waals surface area contributed by atoms with Crippen LogP contribution >= 0.6 is 0 Å². The number of anilines is 1. The molecule has 1 aromatic rings. The van der Waals surface area contributed by atoms with Gasteiger partial charge in [0.1, 0.15) is 0 Å². The van der Waals surface area contributed by atoms with E-state index in [1.54, 1.807) is 6.07 Å². The Kier molecular flexibility index (Phi) is 4.27. The van der Waals surface area contributed by atoms with Gasteiger partial charge in [-0.25, -0.2) is 0 Å². The van der Waals surface area contributed by atoms with Crippen LogP contribution in [0.15, 0.2) is 18.2 Å². The van der Waals surface area contributed by atoms with Crippen LogP contribution in [0.3, 0.4) is 0 Å². The van der Waals surface area contributed by atoms with Gasteiger partial charge in [-0.15, -0.1) is 0 Å². The maximum absolute atomic E-state index is 11.3. The summed E-state index contributed by atoms with van der Waals surface area (Å²) in [7, 11) is 0. The van der Waals surface area contributed by atoms with Crippen molar-refractivity contribution >= 4 is 17.6 Å². The van der Waals surface area contributed by atoms with Crippen molar-refractivity contribution in [1.29, 1.82) is 0 Å². The van der Waals surface area contributed by atoms with Crippen LogP contribution in [0.25, 0.3) is 0 Å². The number of carbonyl (C=O) groups excluding carboxylic acids is 1. The third-order valence-electron chi connectivity index (χ3n) is 3.95. The zero-order chi connectivity index (χ0) is 14.7. The number of rotatable bonds is 4. The van der Waals surface area contributed by atoms with Crippen LogP contribution in [-0.2, 0) is 4.79 Å². The molecule has 1 aromatic carbocycles. The molecule has 1 amide bonds. The summed E-state index contributed by atoms with van der Waals surface area (Å²) in [6.45, 7) is 1.85. The van der Waals surface area contributed by atoms with E-state index in [1.165, 1.54) is 0 Å². The predicted molar refractivity (Wildman–Crippen MR) is 76.7 cm³/mol. The highest BCUT2D eigenvalue weighted by molar-refractivity contribution is 5.95. The van der Waals surface area contributed by atoms with E-state index in [1.807, 2.05) is 19.1 Å². The van der Waals surface area contributed by atoms with Crippen molar-refractivity contribution in [3.8, 4) is 0 Å². The number of carboxylic acids is 1. The van der Waals surface area contributed by atoms with Crippen LogP contribution in [0.5, 0.6) is 0 Å². The van der Waals surface area contributed by atoms with Crippen LogP contribution in [0.1, 0.15) is 41.6 Å². The Morgan fingerprint density at radius 3 is 2.45 bits per heavy atom. The maximum Gasteiger partial charge on any atom is 0.306 e. The number of aliphatic carboxylic acids is 1. The monoisotopic (exact) mass is 276 g/mol. The Balaban J connectivity index is 1.99. The first kappa shape index (κ1) is 14.4. The van der Waals surface area contributed by atoms with Crippen molar-refractivity contribution in [3.05, 3.63) is 29.3 Å². The topological polar surface area (TPSA) is 92.4 Å². The largest absolute Gasteiger partial charge is 0.481 e. The predicted octanol–water partition coefficient (Wildman–Crippen LogP) is 2.15. The highest BCUT2D eigenvalue weighted by Gasteiger charge is 2.25. The van der Waals surface area contributed by atoms with E-state index in [0.29, 0.717) is 18.4 Å². The Morgan fingerprint density at radius 1 is 1.25 bits per heavy atom. The van der Waals surface area contributed by atoms with E-state index >= 15 is 0 Å². The first-order chi connectivity index (χ1) is 9.47. The van der Waals surface area contributed by atoms with Gasteiger partial charge < -0.3 is 16.2 Å². The molecule has 1 aliphatic rings. The van der Waals surface area contributed by atoms with E-state index in [-0.39, 0.29) is 12.0 Å². The van der Waals surface area contributed by atoms with Gasteiger partial charge in [0.2, 0.25) is 5.91 Å². The normalized spacial score (nSPS) is 22.2. The third kappa shape index (κ3) is 3.29. The second-order valence-corrected chi connectivity index (χ2v) is 5.43. The zero-order valence-electron chi connectivity index (χ0n) is 11.6. The molecule has 0 unspecified atom stereocenters. The molecule has 0 spiro atoms. The van der Waals surface area contributed by atoms with Gasteiger partial charge in [0.05, 0.1) is 5.92 Å². The lowest BCUT2D eigenvalue weighted by Crippen LogP contribution is -2.29. The van der Waals surface area contributed by atoms with Gasteiger partial charge in [-0.2, -0.15) is 0 Å². The number of carbonyl (C=O) groups is 2. The fourth-order valence-electron chi connectivity index (χ4n) is 2.70. The van der Waals surface area contributed by atoms with E-state index in [2.05, 4.69) is 5.32 Å². The number of benzene rings is 1. The zero-order valence-corrected chi connectivity index (χ0v) is 11.6. The molecule has 0 aliphatic heterocycles. The average Bonchev–Trinajstić information content (AvgIpc) is 2.41. The summed E-state index contributed by atoms with van der Waals surface area (Å²) in [5.74, 6) is -1.34. The van der Waals surface area contributed by atoms with E-state index < -0.39 is 11.9 Å². The third-order valence-corrected chi connectivity index (χ3v) is 3.95. The van der Waals surface area contributed by atoms with Crippen molar-refractivity contribution in [1.82, 2.24) is 0 Å². The van der Waals surface area contributed by atoms with Gasteiger partial charge in [0.25, 0.3) is 0 Å². The fraction of sp³-hybridized carbons (Fsp3) is 0.467. The highest BCUT2D eigenvalue weighted by Crippen LogP contribution is 2.27. The Bertz CT molecular complexity index is 520. The summed E-state index contributed by atoms with van der Waals surface area (Å²) in [5.41, 5.74) is 7.58. The molecular weight excluding hydrogens is 256 g/mol. The van der Waals surface area contributed by atoms with E-state index in [9.17, 15) is 9.59 Å². The van der Waals surface area contributed by atoms with Gasteiger partial charge in [0.15, 0.2) is 0 Å². The van der Waals surface area contributed by atoms with Crippen LogP contribution in [0.4, 0.5) is 5.69 Å². The molecule has 5 nitrogen and oxygen atoms in total. The summed E-state index contributed by atoms with van der Waals surface area (Å²) in [5, 5.41) is 12.3. The number of aryl methyl sites for hydroxylation is 1. The van der Waals surface area contributed by atoms with Gasteiger partial charge in [0, 0.05) is 17.3 Å². The van der Waals surface area contributed by atoms with Crippen LogP contribution in [0.2, 0.25) is 0 Å². The van der Waals surface area contributed by atoms with Crippen molar-refractivity contribution < 1.29 is 14.7 Å². The first-order valence-corrected chi connectivity index (χ1v) is 6.87. The summed E-state index contributed by atoms with van der Waals surface area (Å²) < 4.78 is 0. The van der Waals surface area contributed by atoms with Crippen LogP contribution in [0, 0.1) is 12.8 Å². The van der Waals surface area contributed by atoms with Crippen LogP contribution in [-0.4, -0.2) is 23.0 Å². The van der Waals surface area contributed by atoms with Gasteiger partial charge >= 0.3 is 5.97 Å². The van der Waals surface area contributed by atoms with Gasteiger partial charge in [-0.05, 0) is 50.3 Å². The second-order valence-electron chi connectivity index (χ2n) is 5.43. The Hall–Kier alpha value is -2.04. The molecular formula is C15H20N2O3. The molecule has 0 radical (unpaired) electrons. The first-order valence-electron chi connectivity index (χ1n) is 6.87. The van der Waals surface area contributed by atoms with Crippen molar-refractivity contribution in [3.63, 3.8) is 0 Å².